The van der Waals surface area contributed by atoms with Crippen LogP contribution in [0.3, 0.4) is 0 Å². The van der Waals surface area contributed by atoms with Gasteiger partial charge >= 0.3 is 6.09 Å². The van der Waals surface area contributed by atoms with E-state index in [1.807, 2.05) is 0 Å². The van der Waals surface area contributed by atoms with Crippen molar-refractivity contribution >= 4 is 12.0 Å². The summed E-state index contributed by atoms with van der Waals surface area (Å²) in [5.41, 5.74) is -1.10. The van der Waals surface area contributed by atoms with Gasteiger partial charge in [-0.15, -0.1) is 0 Å². The lowest BCUT2D eigenvalue weighted by Crippen LogP contribution is -2.51. The Morgan fingerprint density at radius 3 is 2.50 bits per heavy atom. The molecule has 2 aliphatic rings. The Kier molecular flexibility index (Phi) is 6.26. The lowest BCUT2D eigenvalue weighted by atomic mass is 9.93. The van der Waals surface area contributed by atoms with Crippen molar-refractivity contribution in [3.05, 3.63) is 35.1 Å². The molecule has 30 heavy (non-hydrogen) atoms. The number of carbonyl (C=O) groups excluding carboxylic acids is 2. The maximum Gasteiger partial charge on any atom is 0.410 e. The number of likely N-dealkylation sites (tertiary alicyclic amines) is 1. The number of ether oxygens (including phenoxy) is 1. The van der Waals surface area contributed by atoms with E-state index in [-0.39, 0.29) is 38.1 Å². The third kappa shape index (κ3) is 4.69. The highest BCUT2D eigenvalue weighted by molar-refractivity contribution is 5.80. The van der Waals surface area contributed by atoms with Gasteiger partial charge in [-0.3, -0.25) is 9.63 Å². The molecule has 1 aromatic carbocycles. The second-order valence-corrected chi connectivity index (χ2v) is 8.43. The predicted molar refractivity (Wildman–Crippen MR) is 97.3 cm³/mol. The molecule has 0 spiro atoms. The minimum absolute atomic E-state index is 0.00577. The molecule has 0 radical (unpaired) electrons. The van der Waals surface area contributed by atoms with Gasteiger partial charge in [0.1, 0.15) is 17.6 Å². The van der Waals surface area contributed by atoms with Crippen LogP contribution in [0.2, 0.25) is 0 Å². The van der Waals surface area contributed by atoms with Crippen LogP contribution in [-0.2, 0) is 14.4 Å². The second-order valence-electron chi connectivity index (χ2n) is 8.43. The number of amides is 2. The summed E-state index contributed by atoms with van der Waals surface area (Å²) in [6, 6.07) is 0.139. The Morgan fingerprint density at radius 1 is 1.17 bits per heavy atom. The third-order valence-electron chi connectivity index (χ3n) is 5.01. The lowest BCUT2D eigenvalue weighted by molar-refractivity contribution is -0.185. The summed E-state index contributed by atoms with van der Waals surface area (Å²) < 4.78 is 61.4. The van der Waals surface area contributed by atoms with Gasteiger partial charge in [0, 0.05) is 24.6 Å². The van der Waals surface area contributed by atoms with Crippen LogP contribution in [0.15, 0.2) is 12.1 Å². The first-order chi connectivity index (χ1) is 14.0. The van der Waals surface area contributed by atoms with Crippen LogP contribution in [0, 0.1) is 23.4 Å². The van der Waals surface area contributed by atoms with Gasteiger partial charge in [-0.05, 0) is 33.3 Å². The van der Waals surface area contributed by atoms with Gasteiger partial charge in [0.15, 0.2) is 11.6 Å². The van der Waals surface area contributed by atoms with Gasteiger partial charge in [0.25, 0.3) is 5.91 Å². The van der Waals surface area contributed by atoms with E-state index in [1.165, 1.54) is 4.90 Å². The van der Waals surface area contributed by atoms with Gasteiger partial charge in [0.05, 0.1) is 25.1 Å². The molecule has 10 heteroatoms. The first-order valence-corrected chi connectivity index (χ1v) is 9.70. The number of hydroxylamine groups is 2. The average Bonchev–Trinajstić information content (AvgIpc) is 3.12. The maximum atomic E-state index is 14.8. The quantitative estimate of drug-likeness (QED) is 0.525. The van der Waals surface area contributed by atoms with Crippen molar-refractivity contribution in [3.8, 4) is 0 Å². The van der Waals surface area contributed by atoms with Crippen LogP contribution in [0.4, 0.5) is 22.4 Å². The van der Waals surface area contributed by atoms with E-state index in [0.29, 0.717) is 6.07 Å². The SMILES string of the molecule is CC(C)(C)OC(=O)N1CC[C@@H](C(=O)N2OCC[C@@H]2c2cc(F)cc(F)c2F)[C@@H](F)C1. The molecule has 0 N–H and O–H groups in total. The molecule has 2 amide bonds. The zero-order valence-corrected chi connectivity index (χ0v) is 17.0. The van der Waals surface area contributed by atoms with E-state index < -0.39 is 53.2 Å². The van der Waals surface area contributed by atoms with Crippen LogP contribution in [0.5, 0.6) is 0 Å². The summed E-state index contributed by atoms with van der Waals surface area (Å²) in [5, 5.41) is 0.803. The van der Waals surface area contributed by atoms with Crippen molar-refractivity contribution < 1.29 is 36.7 Å². The Bertz CT molecular complexity index is 830. The second kappa shape index (κ2) is 8.41. The smallest absolute Gasteiger partial charge is 0.410 e. The van der Waals surface area contributed by atoms with Gasteiger partial charge < -0.3 is 9.64 Å². The molecule has 0 aromatic heterocycles. The van der Waals surface area contributed by atoms with Crippen molar-refractivity contribution in [2.75, 3.05) is 19.7 Å². The fraction of sp³-hybridized carbons (Fsp3) is 0.600. The molecule has 6 nitrogen and oxygen atoms in total. The summed E-state index contributed by atoms with van der Waals surface area (Å²) in [6.07, 6.45) is -2.26. The number of rotatable bonds is 2. The van der Waals surface area contributed by atoms with E-state index >= 15 is 0 Å². The number of carbonyl (C=O) groups is 2. The maximum absolute atomic E-state index is 14.8. The summed E-state index contributed by atoms with van der Waals surface area (Å²) in [6.45, 7) is 4.83. The van der Waals surface area contributed by atoms with Gasteiger partial charge in [-0.25, -0.2) is 27.4 Å². The molecular weight excluding hydrogens is 408 g/mol. The third-order valence-corrected chi connectivity index (χ3v) is 5.01. The highest BCUT2D eigenvalue weighted by Crippen LogP contribution is 2.36. The molecule has 2 fully saturated rings. The minimum Gasteiger partial charge on any atom is -0.444 e. The minimum atomic E-state index is -1.70. The standard InChI is InChI=1S/C20H24F4N2O4/c1-20(2,3)30-19(28)25-6-4-12(15(23)10-25)18(27)26-16(5-7-29-26)13-8-11(21)9-14(22)17(13)24/h8-9,12,15-16H,4-7,10H2,1-3H3/t12-,15+,16-/m1/s1. The van der Waals surface area contributed by atoms with Crippen LogP contribution in [-0.4, -0.2) is 53.4 Å². The van der Waals surface area contributed by atoms with Gasteiger partial charge in [0.2, 0.25) is 0 Å². The summed E-state index contributed by atoms with van der Waals surface area (Å²) >= 11 is 0. The molecule has 2 aliphatic heterocycles. The van der Waals surface area contributed by atoms with Crippen molar-refractivity contribution in [2.45, 2.75) is 51.4 Å². The number of nitrogens with zero attached hydrogens (tertiary/aromatic N) is 2. The zero-order chi connectivity index (χ0) is 22.2. The number of benzene rings is 1. The van der Waals surface area contributed by atoms with Crippen molar-refractivity contribution in [2.24, 2.45) is 5.92 Å². The van der Waals surface area contributed by atoms with E-state index in [9.17, 15) is 27.2 Å². The number of hydrogen-bond acceptors (Lipinski definition) is 4. The first kappa shape index (κ1) is 22.3. The predicted octanol–water partition coefficient (Wildman–Crippen LogP) is 3.90. The van der Waals surface area contributed by atoms with Gasteiger partial charge in [-0.2, -0.15) is 0 Å². The number of alkyl halides is 1. The average molecular weight is 432 g/mol. The number of halogens is 4. The fourth-order valence-corrected chi connectivity index (χ4v) is 3.63. The molecule has 2 heterocycles. The highest BCUT2D eigenvalue weighted by Gasteiger charge is 2.43. The van der Waals surface area contributed by atoms with Crippen molar-refractivity contribution in [3.63, 3.8) is 0 Å². The Morgan fingerprint density at radius 2 is 1.87 bits per heavy atom. The van der Waals surface area contributed by atoms with Crippen LogP contribution in [0.1, 0.15) is 45.2 Å². The summed E-state index contributed by atoms with van der Waals surface area (Å²) in [7, 11) is 0. The van der Waals surface area contributed by atoms with E-state index in [2.05, 4.69) is 0 Å². The molecule has 3 rings (SSSR count). The van der Waals surface area contributed by atoms with E-state index in [4.69, 9.17) is 9.57 Å². The van der Waals surface area contributed by atoms with Crippen LogP contribution < -0.4 is 0 Å². The van der Waals surface area contributed by atoms with Crippen molar-refractivity contribution in [1.82, 2.24) is 9.96 Å². The monoisotopic (exact) mass is 432 g/mol. The van der Waals surface area contributed by atoms with Crippen LogP contribution >= 0.6 is 0 Å². The van der Waals surface area contributed by atoms with Crippen molar-refractivity contribution in [1.29, 1.82) is 0 Å². The first-order valence-electron chi connectivity index (χ1n) is 9.70. The molecule has 0 unspecified atom stereocenters. The molecule has 3 atom stereocenters. The molecule has 0 aliphatic carbocycles. The number of hydrogen-bond donors (Lipinski definition) is 0. The normalized spacial score (nSPS) is 24.8. The van der Waals surface area contributed by atoms with Crippen LogP contribution in [0.25, 0.3) is 0 Å². The summed E-state index contributed by atoms with van der Waals surface area (Å²) in [4.78, 5) is 31.5. The largest absolute Gasteiger partial charge is 0.444 e. The molecule has 0 bridgehead atoms. The molecule has 0 saturated carbocycles. The van der Waals surface area contributed by atoms with Gasteiger partial charge in [-0.1, -0.05) is 0 Å². The Hall–Kier alpha value is -2.36. The number of piperidine rings is 1. The molecule has 166 valence electrons. The molecule has 2 saturated heterocycles. The highest BCUT2D eigenvalue weighted by atomic mass is 19.2. The molecule has 1 aromatic rings. The zero-order valence-electron chi connectivity index (χ0n) is 17.0. The van der Waals surface area contributed by atoms with E-state index in [1.54, 1.807) is 20.8 Å². The van der Waals surface area contributed by atoms with E-state index in [0.717, 1.165) is 11.1 Å². The Balaban J connectivity index is 1.72. The fourth-order valence-electron chi connectivity index (χ4n) is 3.63. The Labute approximate surface area is 171 Å². The topological polar surface area (TPSA) is 59.1 Å². The summed E-state index contributed by atoms with van der Waals surface area (Å²) in [5.74, 6) is -5.53. The lowest BCUT2D eigenvalue weighted by Gasteiger charge is -2.36. The molecular formula is C20H24F4N2O4.